The lowest BCUT2D eigenvalue weighted by molar-refractivity contribution is 0.102. The standard InChI is InChI=1S/C16H12N8O/c25-16(15-10-18-24(20-15)14-4-2-1-3-5-14)19-12-6-8-13(9-7-12)23-11-17-21-22-23/h1-11H,(H,19,25). The van der Waals surface area contributed by atoms with Gasteiger partial charge in [-0.15, -0.1) is 10.2 Å². The largest absolute Gasteiger partial charge is 0.321 e. The van der Waals surface area contributed by atoms with E-state index in [-0.39, 0.29) is 11.6 Å². The molecule has 122 valence electrons. The lowest BCUT2D eigenvalue weighted by Crippen LogP contribution is -2.13. The number of benzene rings is 2. The zero-order valence-electron chi connectivity index (χ0n) is 12.9. The molecular weight excluding hydrogens is 320 g/mol. The van der Waals surface area contributed by atoms with E-state index in [9.17, 15) is 4.79 Å². The Morgan fingerprint density at radius 3 is 2.48 bits per heavy atom. The van der Waals surface area contributed by atoms with Crippen LogP contribution in [0.2, 0.25) is 0 Å². The molecule has 4 aromatic rings. The second-order valence-corrected chi connectivity index (χ2v) is 5.11. The average Bonchev–Trinajstić information content (AvgIpc) is 3.35. The van der Waals surface area contributed by atoms with Gasteiger partial charge in [-0.25, -0.2) is 4.68 Å². The van der Waals surface area contributed by atoms with E-state index in [4.69, 9.17) is 0 Å². The molecule has 0 spiro atoms. The highest BCUT2D eigenvalue weighted by atomic mass is 16.2. The molecule has 4 rings (SSSR count). The Kier molecular flexibility index (Phi) is 3.71. The molecule has 0 radical (unpaired) electrons. The van der Waals surface area contributed by atoms with Crippen molar-refractivity contribution in [3.63, 3.8) is 0 Å². The highest BCUT2D eigenvalue weighted by Crippen LogP contribution is 2.13. The van der Waals surface area contributed by atoms with E-state index in [1.54, 1.807) is 24.3 Å². The number of hydrogen-bond donors (Lipinski definition) is 1. The minimum atomic E-state index is -0.336. The van der Waals surface area contributed by atoms with Crippen molar-refractivity contribution in [1.82, 2.24) is 35.2 Å². The lowest BCUT2D eigenvalue weighted by atomic mass is 10.2. The normalized spacial score (nSPS) is 10.6. The number of carbonyl (C=O) groups excluding carboxylic acids is 1. The number of carbonyl (C=O) groups is 1. The minimum Gasteiger partial charge on any atom is -0.321 e. The van der Waals surface area contributed by atoms with Crippen LogP contribution in [0.4, 0.5) is 5.69 Å². The van der Waals surface area contributed by atoms with Crippen LogP contribution in [0.15, 0.2) is 67.1 Å². The van der Waals surface area contributed by atoms with Gasteiger partial charge in [0.25, 0.3) is 5.91 Å². The van der Waals surface area contributed by atoms with E-state index in [2.05, 4.69) is 31.0 Å². The Morgan fingerprint density at radius 2 is 1.76 bits per heavy atom. The van der Waals surface area contributed by atoms with Gasteiger partial charge in [0.05, 0.1) is 17.6 Å². The van der Waals surface area contributed by atoms with E-state index in [0.717, 1.165) is 11.4 Å². The summed E-state index contributed by atoms with van der Waals surface area (Å²) in [5.74, 6) is -0.336. The van der Waals surface area contributed by atoms with Gasteiger partial charge in [-0.2, -0.15) is 9.90 Å². The summed E-state index contributed by atoms with van der Waals surface area (Å²) in [6, 6.07) is 16.5. The van der Waals surface area contributed by atoms with Crippen molar-refractivity contribution in [3.8, 4) is 11.4 Å². The number of nitrogens with one attached hydrogen (secondary N) is 1. The maximum absolute atomic E-state index is 12.3. The Morgan fingerprint density at radius 1 is 0.960 bits per heavy atom. The summed E-state index contributed by atoms with van der Waals surface area (Å²) in [6.45, 7) is 0. The summed E-state index contributed by atoms with van der Waals surface area (Å²) < 4.78 is 1.52. The molecule has 0 aliphatic carbocycles. The Labute approximate surface area is 141 Å². The second kappa shape index (κ2) is 6.32. The van der Waals surface area contributed by atoms with Gasteiger partial charge in [0.2, 0.25) is 0 Å². The first-order valence-electron chi connectivity index (χ1n) is 7.42. The van der Waals surface area contributed by atoms with Gasteiger partial charge in [-0.3, -0.25) is 4.79 Å². The molecule has 0 aliphatic heterocycles. The molecule has 2 heterocycles. The maximum atomic E-state index is 12.3. The van der Waals surface area contributed by atoms with Crippen molar-refractivity contribution in [1.29, 1.82) is 0 Å². The third kappa shape index (κ3) is 3.11. The van der Waals surface area contributed by atoms with Crippen LogP contribution in [-0.4, -0.2) is 41.1 Å². The van der Waals surface area contributed by atoms with Crippen LogP contribution in [0.3, 0.4) is 0 Å². The smallest absolute Gasteiger partial charge is 0.277 e. The summed E-state index contributed by atoms with van der Waals surface area (Å²) in [7, 11) is 0. The molecule has 0 bridgehead atoms. The fourth-order valence-electron chi connectivity index (χ4n) is 2.23. The van der Waals surface area contributed by atoms with Crippen LogP contribution in [0.25, 0.3) is 11.4 Å². The Hall–Kier alpha value is -3.88. The molecule has 0 saturated heterocycles. The van der Waals surface area contributed by atoms with Gasteiger partial charge in [-0.05, 0) is 46.8 Å². The predicted molar refractivity (Wildman–Crippen MR) is 88.5 cm³/mol. The number of amides is 1. The monoisotopic (exact) mass is 332 g/mol. The average molecular weight is 332 g/mol. The number of para-hydroxylation sites is 1. The third-order valence-electron chi connectivity index (χ3n) is 3.45. The van der Waals surface area contributed by atoms with E-state index in [1.165, 1.54) is 22.0 Å². The highest BCUT2D eigenvalue weighted by Gasteiger charge is 2.12. The molecule has 9 nitrogen and oxygen atoms in total. The molecule has 0 unspecified atom stereocenters. The lowest BCUT2D eigenvalue weighted by Gasteiger charge is -2.04. The van der Waals surface area contributed by atoms with Crippen molar-refractivity contribution >= 4 is 11.6 Å². The molecule has 1 amide bonds. The minimum absolute atomic E-state index is 0.230. The van der Waals surface area contributed by atoms with Gasteiger partial charge < -0.3 is 5.32 Å². The molecule has 0 fully saturated rings. The molecule has 25 heavy (non-hydrogen) atoms. The van der Waals surface area contributed by atoms with Crippen LogP contribution in [0, 0.1) is 0 Å². The summed E-state index contributed by atoms with van der Waals surface area (Å²) in [5.41, 5.74) is 2.44. The van der Waals surface area contributed by atoms with E-state index < -0.39 is 0 Å². The van der Waals surface area contributed by atoms with Crippen LogP contribution in [0.1, 0.15) is 10.5 Å². The Balaban J connectivity index is 1.48. The molecular formula is C16H12N8O. The predicted octanol–water partition coefficient (Wildman–Crippen LogP) is 1.50. The first-order chi connectivity index (χ1) is 12.3. The molecule has 1 N–H and O–H groups in total. The fraction of sp³-hybridized carbons (Fsp3) is 0. The quantitative estimate of drug-likeness (QED) is 0.607. The molecule has 0 saturated carbocycles. The summed E-state index contributed by atoms with van der Waals surface area (Å²) in [6.07, 6.45) is 2.92. The zero-order valence-corrected chi connectivity index (χ0v) is 12.9. The van der Waals surface area contributed by atoms with Gasteiger partial charge in [0.1, 0.15) is 6.33 Å². The van der Waals surface area contributed by atoms with Gasteiger partial charge in [0, 0.05) is 5.69 Å². The van der Waals surface area contributed by atoms with Crippen LogP contribution >= 0.6 is 0 Å². The first kappa shape index (κ1) is 14.7. The van der Waals surface area contributed by atoms with Crippen LogP contribution in [-0.2, 0) is 0 Å². The van der Waals surface area contributed by atoms with Crippen LogP contribution < -0.4 is 5.32 Å². The summed E-state index contributed by atoms with van der Waals surface area (Å²) >= 11 is 0. The second-order valence-electron chi connectivity index (χ2n) is 5.11. The number of tetrazole rings is 1. The molecule has 9 heteroatoms. The van der Waals surface area contributed by atoms with Crippen molar-refractivity contribution in [2.24, 2.45) is 0 Å². The SMILES string of the molecule is O=C(Nc1ccc(-n2cnnn2)cc1)c1cnn(-c2ccccc2)n1. The number of hydrogen-bond acceptors (Lipinski definition) is 6. The van der Waals surface area contributed by atoms with E-state index in [1.807, 2.05) is 30.3 Å². The highest BCUT2D eigenvalue weighted by molar-refractivity contribution is 6.02. The topological polar surface area (TPSA) is 103 Å². The molecule has 2 aromatic heterocycles. The van der Waals surface area contributed by atoms with Crippen molar-refractivity contribution in [3.05, 3.63) is 72.8 Å². The number of nitrogens with zero attached hydrogens (tertiary/aromatic N) is 7. The van der Waals surface area contributed by atoms with Crippen molar-refractivity contribution < 1.29 is 4.79 Å². The molecule has 0 atom stereocenters. The first-order valence-corrected chi connectivity index (χ1v) is 7.42. The van der Waals surface area contributed by atoms with Gasteiger partial charge >= 0.3 is 0 Å². The fourth-order valence-corrected chi connectivity index (χ4v) is 2.23. The summed E-state index contributed by atoms with van der Waals surface area (Å²) in [5, 5.41) is 22.1. The number of aromatic nitrogens is 7. The zero-order chi connectivity index (χ0) is 17.1. The number of anilines is 1. The molecule has 2 aromatic carbocycles. The summed E-state index contributed by atoms with van der Waals surface area (Å²) in [4.78, 5) is 13.7. The Bertz CT molecular complexity index is 977. The van der Waals surface area contributed by atoms with Crippen molar-refractivity contribution in [2.45, 2.75) is 0 Å². The third-order valence-corrected chi connectivity index (χ3v) is 3.45. The number of rotatable bonds is 4. The maximum Gasteiger partial charge on any atom is 0.277 e. The van der Waals surface area contributed by atoms with Crippen molar-refractivity contribution in [2.75, 3.05) is 5.32 Å². The molecule has 0 aliphatic rings. The van der Waals surface area contributed by atoms with Gasteiger partial charge in [-0.1, -0.05) is 18.2 Å². The van der Waals surface area contributed by atoms with Gasteiger partial charge in [0.15, 0.2) is 5.69 Å². The van der Waals surface area contributed by atoms with E-state index in [0.29, 0.717) is 5.69 Å². The van der Waals surface area contributed by atoms with E-state index >= 15 is 0 Å². The van der Waals surface area contributed by atoms with Crippen LogP contribution in [0.5, 0.6) is 0 Å².